The molecule has 9 heteroatoms. The highest BCUT2D eigenvalue weighted by Crippen LogP contribution is 2.32. The first-order chi connectivity index (χ1) is 15.0. The molecule has 1 aliphatic heterocycles. The average molecular weight is 441 g/mol. The number of ether oxygens (including phenoxy) is 1. The lowest BCUT2D eigenvalue weighted by molar-refractivity contribution is -0.131. The van der Waals surface area contributed by atoms with E-state index in [1.54, 1.807) is 22.3 Å². The van der Waals surface area contributed by atoms with Crippen LogP contribution in [0.25, 0.3) is 10.6 Å². The lowest BCUT2D eigenvalue weighted by Gasteiger charge is -2.34. The molecule has 31 heavy (non-hydrogen) atoms. The van der Waals surface area contributed by atoms with E-state index in [9.17, 15) is 9.59 Å². The van der Waals surface area contributed by atoms with Crippen LogP contribution < -0.4 is 4.74 Å². The molecule has 2 aromatic heterocycles. The molecule has 1 aromatic carbocycles. The third kappa shape index (κ3) is 4.32. The van der Waals surface area contributed by atoms with Crippen molar-refractivity contribution >= 4 is 23.2 Å². The second-order valence-electron chi connectivity index (χ2n) is 7.39. The normalized spacial score (nSPS) is 14.0. The third-order valence-corrected chi connectivity index (χ3v) is 6.37. The van der Waals surface area contributed by atoms with Crippen LogP contribution in [-0.4, -0.2) is 65.0 Å². The van der Waals surface area contributed by atoms with Crippen LogP contribution in [0.1, 0.15) is 27.5 Å². The minimum Gasteiger partial charge on any atom is -0.496 e. The minimum absolute atomic E-state index is 0.0219. The third-order valence-electron chi connectivity index (χ3n) is 5.49. The fourth-order valence-corrected chi connectivity index (χ4v) is 4.48. The number of hydrogen-bond acceptors (Lipinski definition) is 7. The number of para-hydroxylation sites is 1. The number of methoxy groups -OCH3 is 1. The minimum atomic E-state index is -0.116. The van der Waals surface area contributed by atoms with Crippen molar-refractivity contribution in [1.82, 2.24) is 19.9 Å². The van der Waals surface area contributed by atoms with Gasteiger partial charge in [-0.25, -0.2) is 4.98 Å². The van der Waals surface area contributed by atoms with Crippen molar-refractivity contribution in [2.75, 3.05) is 33.3 Å². The Morgan fingerprint density at radius 3 is 2.52 bits per heavy atom. The van der Waals surface area contributed by atoms with Crippen molar-refractivity contribution in [1.29, 1.82) is 0 Å². The summed E-state index contributed by atoms with van der Waals surface area (Å²) in [5, 5.41) is 6.43. The molecule has 1 fully saturated rings. The van der Waals surface area contributed by atoms with Crippen LogP contribution in [0, 0.1) is 13.8 Å². The quantitative estimate of drug-likeness (QED) is 0.606. The smallest absolute Gasteiger partial charge is 0.273 e. The van der Waals surface area contributed by atoms with Gasteiger partial charge in [-0.2, -0.15) is 0 Å². The highest BCUT2D eigenvalue weighted by Gasteiger charge is 2.27. The average Bonchev–Trinajstić information content (AvgIpc) is 3.41. The van der Waals surface area contributed by atoms with Gasteiger partial charge in [-0.05, 0) is 26.0 Å². The summed E-state index contributed by atoms with van der Waals surface area (Å²) in [6.45, 7) is 5.60. The monoisotopic (exact) mass is 440 g/mol. The maximum absolute atomic E-state index is 12.9. The highest BCUT2D eigenvalue weighted by atomic mass is 32.1. The maximum Gasteiger partial charge on any atom is 0.273 e. The predicted molar refractivity (Wildman–Crippen MR) is 116 cm³/mol. The van der Waals surface area contributed by atoms with Crippen molar-refractivity contribution < 1.29 is 18.8 Å². The van der Waals surface area contributed by atoms with Crippen LogP contribution in [0.15, 0.2) is 34.2 Å². The number of carbonyl (C=O) groups is 2. The Kier molecular flexibility index (Phi) is 6.03. The number of benzene rings is 1. The SMILES string of the molecule is COc1ccccc1-c1nc(C(=O)N2CCN(C(=O)Cc3c(C)noc3C)CC2)cs1. The van der Waals surface area contributed by atoms with Gasteiger partial charge < -0.3 is 19.1 Å². The molecular formula is C22H24N4O4S. The number of aryl methyl sites for hydroxylation is 2. The van der Waals surface area contributed by atoms with Gasteiger partial charge in [0.1, 0.15) is 22.2 Å². The molecule has 0 N–H and O–H groups in total. The second-order valence-corrected chi connectivity index (χ2v) is 8.25. The molecule has 0 bridgehead atoms. The van der Waals surface area contributed by atoms with Crippen molar-refractivity contribution in [2.45, 2.75) is 20.3 Å². The molecule has 0 saturated carbocycles. The van der Waals surface area contributed by atoms with E-state index in [1.165, 1.54) is 11.3 Å². The van der Waals surface area contributed by atoms with E-state index >= 15 is 0 Å². The van der Waals surface area contributed by atoms with E-state index in [1.807, 2.05) is 38.1 Å². The Labute approximate surface area is 184 Å². The number of thiazole rings is 1. The second kappa shape index (κ2) is 8.89. The van der Waals surface area contributed by atoms with Gasteiger partial charge in [0.05, 0.1) is 24.8 Å². The van der Waals surface area contributed by atoms with E-state index in [0.717, 1.165) is 27.6 Å². The number of nitrogens with zero attached hydrogens (tertiary/aromatic N) is 4. The summed E-state index contributed by atoms with van der Waals surface area (Å²) in [5.41, 5.74) is 2.87. The Bertz CT molecular complexity index is 1080. The molecule has 3 aromatic rings. The van der Waals surface area contributed by atoms with Crippen LogP contribution in [0.5, 0.6) is 5.75 Å². The van der Waals surface area contributed by atoms with Crippen LogP contribution in [0.4, 0.5) is 0 Å². The Balaban J connectivity index is 1.38. The Hall–Kier alpha value is -3.20. The van der Waals surface area contributed by atoms with Gasteiger partial charge in [-0.3, -0.25) is 9.59 Å². The Morgan fingerprint density at radius 1 is 1.13 bits per heavy atom. The van der Waals surface area contributed by atoms with Crippen LogP contribution in [-0.2, 0) is 11.2 Å². The fraction of sp³-hybridized carbons (Fsp3) is 0.364. The summed E-state index contributed by atoms with van der Waals surface area (Å²) in [6.07, 6.45) is 0.267. The number of carbonyl (C=O) groups excluding carboxylic acids is 2. The zero-order chi connectivity index (χ0) is 22.0. The first kappa shape index (κ1) is 21.0. The Morgan fingerprint density at radius 2 is 1.84 bits per heavy atom. The lowest BCUT2D eigenvalue weighted by atomic mass is 10.1. The zero-order valence-electron chi connectivity index (χ0n) is 17.8. The molecule has 0 aliphatic carbocycles. The number of hydrogen-bond donors (Lipinski definition) is 0. The topological polar surface area (TPSA) is 88.8 Å². The van der Waals surface area contributed by atoms with E-state index < -0.39 is 0 Å². The molecule has 4 rings (SSSR count). The molecule has 162 valence electrons. The lowest BCUT2D eigenvalue weighted by Crippen LogP contribution is -2.51. The van der Waals surface area contributed by atoms with Gasteiger partial charge in [-0.15, -0.1) is 11.3 Å². The summed E-state index contributed by atoms with van der Waals surface area (Å²) in [6, 6.07) is 7.61. The first-order valence-electron chi connectivity index (χ1n) is 10.1. The van der Waals surface area contributed by atoms with Crippen molar-refractivity contribution in [3.63, 3.8) is 0 Å². The van der Waals surface area contributed by atoms with Gasteiger partial charge in [0.15, 0.2) is 0 Å². The summed E-state index contributed by atoms with van der Waals surface area (Å²) < 4.78 is 10.5. The molecular weight excluding hydrogens is 416 g/mol. The van der Waals surface area contributed by atoms with E-state index in [0.29, 0.717) is 37.6 Å². The molecule has 1 aliphatic rings. The molecule has 0 radical (unpaired) electrons. The van der Waals surface area contributed by atoms with Gasteiger partial charge in [0.25, 0.3) is 5.91 Å². The molecule has 8 nitrogen and oxygen atoms in total. The summed E-state index contributed by atoms with van der Waals surface area (Å²) in [5.74, 6) is 1.30. The highest BCUT2D eigenvalue weighted by molar-refractivity contribution is 7.13. The van der Waals surface area contributed by atoms with Gasteiger partial charge >= 0.3 is 0 Å². The van der Waals surface area contributed by atoms with E-state index in [-0.39, 0.29) is 18.2 Å². The number of aromatic nitrogens is 2. The summed E-state index contributed by atoms with van der Waals surface area (Å²) in [7, 11) is 1.62. The molecule has 0 unspecified atom stereocenters. The van der Waals surface area contributed by atoms with Crippen LogP contribution in [0.3, 0.4) is 0 Å². The largest absolute Gasteiger partial charge is 0.496 e. The van der Waals surface area contributed by atoms with Crippen LogP contribution in [0.2, 0.25) is 0 Å². The molecule has 3 heterocycles. The molecule has 0 spiro atoms. The summed E-state index contributed by atoms with van der Waals surface area (Å²) >= 11 is 1.42. The standard InChI is InChI=1S/C22H24N4O4S/c1-14-17(15(2)30-24-14)12-20(27)25-8-10-26(11-9-25)22(28)18-13-31-21(23-18)16-6-4-5-7-19(16)29-3/h4-7,13H,8-12H2,1-3H3. The predicted octanol–water partition coefficient (Wildman–Crippen LogP) is 2.95. The van der Waals surface area contributed by atoms with Crippen molar-refractivity contribution in [3.05, 3.63) is 52.4 Å². The fourth-order valence-electron chi connectivity index (χ4n) is 3.66. The van der Waals surface area contributed by atoms with Gasteiger partial charge in [-0.1, -0.05) is 17.3 Å². The zero-order valence-corrected chi connectivity index (χ0v) is 18.6. The number of amides is 2. The molecule has 1 saturated heterocycles. The molecule has 0 atom stereocenters. The van der Waals surface area contributed by atoms with Crippen molar-refractivity contribution in [3.8, 4) is 16.3 Å². The van der Waals surface area contributed by atoms with E-state index in [4.69, 9.17) is 9.26 Å². The summed E-state index contributed by atoms with van der Waals surface area (Å²) in [4.78, 5) is 33.7. The molecule has 2 amide bonds. The van der Waals surface area contributed by atoms with Gasteiger partial charge in [0, 0.05) is 37.1 Å². The maximum atomic E-state index is 12.9. The van der Waals surface area contributed by atoms with Crippen molar-refractivity contribution in [2.24, 2.45) is 0 Å². The number of piperazine rings is 1. The number of rotatable bonds is 5. The van der Waals surface area contributed by atoms with Gasteiger partial charge in [0.2, 0.25) is 5.91 Å². The first-order valence-corrected chi connectivity index (χ1v) is 10.9. The van der Waals surface area contributed by atoms with Crippen LogP contribution >= 0.6 is 11.3 Å². The van der Waals surface area contributed by atoms with E-state index in [2.05, 4.69) is 10.1 Å².